The van der Waals surface area contributed by atoms with E-state index in [9.17, 15) is 0 Å². The van der Waals surface area contributed by atoms with Crippen molar-refractivity contribution in [3.63, 3.8) is 0 Å². The van der Waals surface area contributed by atoms with Crippen LogP contribution in [0.25, 0.3) is 0 Å². The lowest BCUT2D eigenvalue weighted by Gasteiger charge is -2.04. The molecule has 1 heterocycles. The summed E-state index contributed by atoms with van der Waals surface area (Å²) in [6.45, 7) is 0.200. The Hall–Kier alpha value is -0.910. The average Bonchev–Trinajstić information content (AvgIpc) is 2.79. The Morgan fingerprint density at radius 2 is 2.12 bits per heavy atom. The molecule has 0 atom stereocenters. The molecule has 90 valence electrons. The Morgan fingerprint density at radius 3 is 2.76 bits per heavy atom. The molecule has 0 bridgehead atoms. The van der Waals surface area contributed by atoms with Crippen LogP contribution in [0.5, 0.6) is 5.75 Å². The minimum absolute atomic E-state index is 0.200. The fraction of sp³-hybridized carbons (Fsp3) is 0.200. The molecule has 2 rings (SSSR count). The first kappa shape index (κ1) is 12.5. The van der Waals surface area contributed by atoms with E-state index in [1.807, 2.05) is 6.26 Å². The Labute approximate surface area is 112 Å². The molecule has 0 spiro atoms. The molecular formula is C10H8Cl2N2O2S. The topological polar surface area (TPSA) is 48.2 Å². The van der Waals surface area contributed by atoms with Crippen molar-refractivity contribution in [3.05, 3.63) is 34.1 Å². The van der Waals surface area contributed by atoms with Crippen molar-refractivity contribution in [1.29, 1.82) is 0 Å². The molecule has 4 nitrogen and oxygen atoms in total. The number of benzene rings is 1. The van der Waals surface area contributed by atoms with Gasteiger partial charge in [-0.1, -0.05) is 35.0 Å². The highest BCUT2D eigenvalue weighted by Crippen LogP contribution is 2.26. The van der Waals surface area contributed by atoms with Crippen molar-refractivity contribution in [2.75, 3.05) is 6.26 Å². The van der Waals surface area contributed by atoms with E-state index in [0.29, 0.717) is 26.9 Å². The van der Waals surface area contributed by atoms with Gasteiger partial charge < -0.3 is 9.15 Å². The number of ether oxygens (including phenoxy) is 1. The smallest absolute Gasteiger partial charge is 0.276 e. The van der Waals surface area contributed by atoms with Crippen molar-refractivity contribution in [1.82, 2.24) is 10.2 Å². The fourth-order valence-electron chi connectivity index (χ4n) is 1.09. The zero-order chi connectivity index (χ0) is 12.3. The monoisotopic (exact) mass is 290 g/mol. The predicted octanol–water partition coefficient (Wildman–Crippen LogP) is 3.68. The maximum Gasteiger partial charge on any atom is 0.276 e. The van der Waals surface area contributed by atoms with E-state index in [1.165, 1.54) is 11.8 Å². The molecule has 1 aromatic heterocycles. The van der Waals surface area contributed by atoms with Gasteiger partial charge >= 0.3 is 0 Å². The Morgan fingerprint density at radius 1 is 1.29 bits per heavy atom. The number of rotatable bonds is 4. The summed E-state index contributed by atoms with van der Waals surface area (Å²) in [5.41, 5.74) is 0. The van der Waals surface area contributed by atoms with Gasteiger partial charge in [0, 0.05) is 6.07 Å². The van der Waals surface area contributed by atoms with Crippen LogP contribution in [0.3, 0.4) is 0 Å². The number of halogens is 2. The summed E-state index contributed by atoms with van der Waals surface area (Å²) in [6, 6.07) is 5.02. The van der Waals surface area contributed by atoms with E-state index in [4.69, 9.17) is 32.4 Å². The predicted molar refractivity (Wildman–Crippen MR) is 66.9 cm³/mol. The molecule has 0 unspecified atom stereocenters. The molecule has 0 aliphatic carbocycles. The minimum Gasteiger partial charge on any atom is -0.484 e. The number of aromatic nitrogens is 2. The van der Waals surface area contributed by atoms with Crippen LogP contribution in [0, 0.1) is 0 Å². The molecule has 0 aliphatic rings. The summed E-state index contributed by atoms with van der Waals surface area (Å²) in [6.07, 6.45) is 1.86. The number of nitrogens with zero attached hydrogens (tertiary/aromatic N) is 2. The minimum atomic E-state index is 0.200. The van der Waals surface area contributed by atoms with Gasteiger partial charge in [0.25, 0.3) is 11.1 Å². The molecule has 0 saturated heterocycles. The molecule has 0 fully saturated rings. The molecule has 1 aromatic carbocycles. The first-order chi connectivity index (χ1) is 8.19. The quantitative estimate of drug-likeness (QED) is 0.804. The van der Waals surface area contributed by atoms with Crippen molar-refractivity contribution < 1.29 is 9.15 Å². The summed E-state index contributed by atoms with van der Waals surface area (Å²) in [7, 11) is 0. The third kappa shape index (κ3) is 3.28. The maximum atomic E-state index is 5.86. The van der Waals surface area contributed by atoms with Crippen molar-refractivity contribution >= 4 is 35.0 Å². The van der Waals surface area contributed by atoms with Crippen molar-refractivity contribution in [2.45, 2.75) is 11.8 Å². The summed E-state index contributed by atoms with van der Waals surface area (Å²) in [4.78, 5) is 0. The van der Waals surface area contributed by atoms with Crippen LogP contribution in [0.1, 0.15) is 5.89 Å². The standard InChI is InChI=1S/C10H8Cl2N2O2S/c1-17-10-14-13-9(16-10)5-15-6-2-3-7(11)8(12)4-6/h2-4H,5H2,1H3. The molecule has 0 amide bonds. The summed E-state index contributed by atoms with van der Waals surface area (Å²) < 4.78 is 10.7. The molecule has 0 N–H and O–H groups in total. The van der Waals surface area contributed by atoms with Gasteiger partial charge in [-0.2, -0.15) is 0 Å². The average molecular weight is 291 g/mol. The van der Waals surface area contributed by atoms with Crippen LogP contribution < -0.4 is 4.74 Å². The van der Waals surface area contributed by atoms with Gasteiger partial charge in [-0.3, -0.25) is 0 Å². The zero-order valence-electron chi connectivity index (χ0n) is 8.81. The lowest BCUT2D eigenvalue weighted by Crippen LogP contribution is -1.95. The first-order valence-electron chi connectivity index (χ1n) is 4.63. The van der Waals surface area contributed by atoms with E-state index in [0.717, 1.165) is 0 Å². The third-order valence-corrected chi connectivity index (χ3v) is 3.13. The second-order valence-corrected chi connectivity index (χ2v) is 4.60. The van der Waals surface area contributed by atoms with E-state index in [2.05, 4.69) is 10.2 Å². The van der Waals surface area contributed by atoms with Crippen LogP contribution in [-0.2, 0) is 6.61 Å². The zero-order valence-corrected chi connectivity index (χ0v) is 11.1. The first-order valence-corrected chi connectivity index (χ1v) is 6.61. The van der Waals surface area contributed by atoms with Crippen molar-refractivity contribution in [3.8, 4) is 5.75 Å². The van der Waals surface area contributed by atoms with E-state index < -0.39 is 0 Å². The molecule has 7 heteroatoms. The van der Waals surface area contributed by atoms with Crippen LogP contribution in [-0.4, -0.2) is 16.5 Å². The van der Waals surface area contributed by atoms with Gasteiger partial charge in [-0.05, 0) is 18.4 Å². The summed E-state index contributed by atoms with van der Waals surface area (Å²) in [5, 5.41) is 9.06. The van der Waals surface area contributed by atoms with Crippen LogP contribution in [0.2, 0.25) is 10.0 Å². The van der Waals surface area contributed by atoms with Gasteiger partial charge in [0.15, 0.2) is 6.61 Å². The van der Waals surface area contributed by atoms with Crippen LogP contribution >= 0.6 is 35.0 Å². The lowest BCUT2D eigenvalue weighted by atomic mass is 10.3. The van der Waals surface area contributed by atoms with Gasteiger partial charge in [0.2, 0.25) is 0 Å². The van der Waals surface area contributed by atoms with Gasteiger partial charge in [-0.25, -0.2) is 0 Å². The molecule has 0 aliphatic heterocycles. The number of thioether (sulfide) groups is 1. The van der Waals surface area contributed by atoms with Crippen LogP contribution in [0.4, 0.5) is 0 Å². The SMILES string of the molecule is CSc1nnc(COc2ccc(Cl)c(Cl)c2)o1. The highest BCUT2D eigenvalue weighted by molar-refractivity contribution is 7.98. The fourth-order valence-corrected chi connectivity index (χ4v) is 1.68. The summed E-state index contributed by atoms with van der Waals surface area (Å²) >= 11 is 13.0. The molecule has 2 aromatic rings. The summed E-state index contributed by atoms with van der Waals surface area (Å²) in [5.74, 6) is 1.02. The van der Waals surface area contributed by atoms with Gasteiger partial charge in [0.1, 0.15) is 5.75 Å². The Bertz CT molecular complexity index is 519. The highest BCUT2D eigenvalue weighted by atomic mass is 35.5. The largest absolute Gasteiger partial charge is 0.484 e. The second-order valence-electron chi connectivity index (χ2n) is 3.03. The number of hydrogen-bond donors (Lipinski definition) is 0. The normalized spacial score (nSPS) is 10.5. The van der Waals surface area contributed by atoms with E-state index in [-0.39, 0.29) is 6.61 Å². The van der Waals surface area contributed by atoms with Crippen molar-refractivity contribution in [2.24, 2.45) is 0 Å². The van der Waals surface area contributed by atoms with E-state index >= 15 is 0 Å². The highest BCUT2D eigenvalue weighted by Gasteiger charge is 2.06. The maximum absolute atomic E-state index is 5.86. The lowest BCUT2D eigenvalue weighted by molar-refractivity contribution is 0.252. The molecule has 17 heavy (non-hydrogen) atoms. The van der Waals surface area contributed by atoms with Gasteiger partial charge in [-0.15, -0.1) is 10.2 Å². The molecule has 0 saturated carbocycles. The number of hydrogen-bond acceptors (Lipinski definition) is 5. The Balaban J connectivity index is 1.99. The van der Waals surface area contributed by atoms with Gasteiger partial charge in [0.05, 0.1) is 10.0 Å². The molecular weight excluding hydrogens is 283 g/mol. The Kier molecular flexibility index (Phi) is 4.15. The third-order valence-electron chi connectivity index (χ3n) is 1.88. The second kappa shape index (κ2) is 5.62. The molecule has 0 radical (unpaired) electrons. The van der Waals surface area contributed by atoms with Crippen LogP contribution in [0.15, 0.2) is 27.8 Å². The van der Waals surface area contributed by atoms with E-state index in [1.54, 1.807) is 18.2 Å².